The van der Waals surface area contributed by atoms with Gasteiger partial charge in [0.05, 0.1) is 26.4 Å². The molecule has 1 atom stereocenters. The molecule has 0 bridgehead atoms. The number of nitrogens with one attached hydrogen (secondary N) is 1. The van der Waals surface area contributed by atoms with E-state index in [-0.39, 0.29) is 5.78 Å². The van der Waals surface area contributed by atoms with Crippen molar-refractivity contribution < 1.29 is 23.8 Å². The summed E-state index contributed by atoms with van der Waals surface area (Å²) in [5.74, 6) is 0.218. The number of methoxy groups -OCH3 is 2. The lowest BCUT2D eigenvalue weighted by Gasteiger charge is -2.34. The van der Waals surface area contributed by atoms with Crippen molar-refractivity contribution in [1.29, 1.82) is 0 Å². The van der Waals surface area contributed by atoms with Gasteiger partial charge in [0.1, 0.15) is 0 Å². The van der Waals surface area contributed by atoms with Crippen molar-refractivity contribution in [2.45, 2.75) is 45.4 Å². The van der Waals surface area contributed by atoms with E-state index in [0.717, 1.165) is 35.0 Å². The molecular weight excluding hydrogens is 438 g/mol. The Balaban J connectivity index is 2.21. The summed E-state index contributed by atoms with van der Waals surface area (Å²) in [7, 11) is 3.13. The lowest BCUT2D eigenvalue weighted by atomic mass is 9.75. The topological polar surface area (TPSA) is 73.9 Å². The minimum atomic E-state index is -0.530. The van der Waals surface area contributed by atoms with Crippen LogP contribution in [0.15, 0.2) is 39.1 Å². The molecule has 1 aliphatic heterocycles. The highest BCUT2D eigenvalue weighted by molar-refractivity contribution is 9.10. The van der Waals surface area contributed by atoms with Crippen LogP contribution in [-0.4, -0.2) is 32.6 Å². The summed E-state index contributed by atoms with van der Waals surface area (Å²) < 4.78 is 17.1. The van der Waals surface area contributed by atoms with Gasteiger partial charge in [-0.1, -0.05) is 22.9 Å². The second-order valence-corrected chi connectivity index (χ2v) is 7.98. The van der Waals surface area contributed by atoms with E-state index in [9.17, 15) is 9.59 Å². The molecule has 0 spiro atoms. The molecule has 2 aliphatic rings. The van der Waals surface area contributed by atoms with E-state index in [0.29, 0.717) is 41.4 Å². The Bertz CT molecular complexity index is 903. The molecule has 0 saturated heterocycles. The first kappa shape index (κ1) is 21.4. The molecule has 6 nitrogen and oxygen atoms in total. The fourth-order valence-corrected chi connectivity index (χ4v) is 4.48. The van der Waals surface area contributed by atoms with Crippen molar-refractivity contribution >= 4 is 27.7 Å². The summed E-state index contributed by atoms with van der Waals surface area (Å²) in [6.07, 6.45) is 2.77. The van der Waals surface area contributed by atoms with E-state index in [4.69, 9.17) is 14.2 Å². The van der Waals surface area contributed by atoms with E-state index in [1.807, 2.05) is 19.9 Å². The van der Waals surface area contributed by atoms with Crippen molar-refractivity contribution in [2.75, 3.05) is 20.8 Å². The number of hydrogen-bond donors (Lipinski definition) is 1. The molecule has 0 aromatic heterocycles. The molecule has 1 aliphatic carbocycles. The molecular formula is C22H26BrNO5. The lowest BCUT2D eigenvalue weighted by Crippen LogP contribution is -2.34. The summed E-state index contributed by atoms with van der Waals surface area (Å²) >= 11 is 3.61. The van der Waals surface area contributed by atoms with Crippen LogP contribution in [0, 0.1) is 0 Å². The number of esters is 1. The van der Waals surface area contributed by atoms with Gasteiger partial charge in [0.15, 0.2) is 17.3 Å². The molecule has 7 heteroatoms. The maximum atomic E-state index is 13.0. The molecule has 0 radical (unpaired) electrons. The van der Waals surface area contributed by atoms with Crippen LogP contribution in [0.1, 0.15) is 51.0 Å². The number of dihydropyridines is 1. The first-order valence-corrected chi connectivity index (χ1v) is 10.5. The highest BCUT2D eigenvalue weighted by Crippen LogP contribution is 2.47. The Morgan fingerprint density at radius 2 is 1.90 bits per heavy atom. The predicted molar refractivity (Wildman–Crippen MR) is 113 cm³/mol. The van der Waals surface area contributed by atoms with Crippen molar-refractivity contribution in [3.8, 4) is 11.5 Å². The molecule has 156 valence electrons. The van der Waals surface area contributed by atoms with Crippen LogP contribution in [0.3, 0.4) is 0 Å². The molecule has 1 aromatic rings. The van der Waals surface area contributed by atoms with Crippen molar-refractivity contribution in [3.05, 3.63) is 44.7 Å². The summed E-state index contributed by atoms with van der Waals surface area (Å²) in [5, 5.41) is 3.29. The third kappa shape index (κ3) is 4.06. The second kappa shape index (κ2) is 9.03. The van der Waals surface area contributed by atoms with Gasteiger partial charge in [0.2, 0.25) is 0 Å². The average molecular weight is 464 g/mol. The quantitative estimate of drug-likeness (QED) is 0.630. The van der Waals surface area contributed by atoms with Gasteiger partial charge in [-0.25, -0.2) is 4.79 Å². The number of carbonyl (C=O) groups is 2. The molecule has 29 heavy (non-hydrogen) atoms. The maximum absolute atomic E-state index is 13.0. The van der Waals surface area contributed by atoms with Crippen molar-refractivity contribution in [2.24, 2.45) is 0 Å². The zero-order valence-corrected chi connectivity index (χ0v) is 18.8. The van der Waals surface area contributed by atoms with E-state index in [1.165, 1.54) is 0 Å². The van der Waals surface area contributed by atoms with Gasteiger partial charge in [0, 0.05) is 33.8 Å². The minimum Gasteiger partial charge on any atom is -0.493 e. The maximum Gasteiger partial charge on any atom is 0.336 e. The Labute approximate surface area is 179 Å². The SMILES string of the molecule is CCCOC(=O)C1=C(C)NC2=C(C(=O)CCC2)[C@@H]1c1cc(OC)c(OC)cc1Br. The lowest BCUT2D eigenvalue weighted by molar-refractivity contribution is -0.139. The number of ketones is 1. The molecule has 1 N–H and O–H groups in total. The third-order valence-corrected chi connectivity index (χ3v) is 5.93. The highest BCUT2D eigenvalue weighted by atomic mass is 79.9. The Morgan fingerprint density at radius 3 is 2.55 bits per heavy atom. The average Bonchev–Trinajstić information content (AvgIpc) is 2.71. The van der Waals surface area contributed by atoms with Crippen LogP contribution < -0.4 is 14.8 Å². The normalized spacial score (nSPS) is 18.9. The molecule has 1 aromatic carbocycles. The number of carbonyl (C=O) groups excluding carboxylic acids is 2. The summed E-state index contributed by atoms with van der Waals surface area (Å²) in [5.41, 5.74) is 3.47. The Kier molecular flexibility index (Phi) is 6.67. The third-order valence-electron chi connectivity index (χ3n) is 5.25. The fraction of sp³-hybridized carbons (Fsp3) is 0.455. The number of hydrogen-bond acceptors (Lipinski definition) is 6. The smallest absolute Gasteiger partial charge is 0.336 e. The molecule has 0 unspecified atom stereocenters. The van der Waals surface area contributed by atoms with E-state index in [2.05, 4.69) is 21.2 Å². The highest BCUT2D eigenvalue weighted by Gasteiger charge is 2.40. The number of benzene rings is 1. The zero-order chi connectivity index (χ0) is 21.1. The Hall–Kier alpha value is -2.28. The van der Waals surface area contributed by atoms with Crippen LogP contribution in [0.2, 0.25) is 0 Å². The van der Waals surface area contributed by atoms with Gasteiger partial charge >= 0.3 is 5.97 Å². The molecule has 0 saturated carbocycles. The predicted octanol–water partition coefficient (Wildman–Crippen LogP) is 4.39. The molecule has 0 fully saturated rings. The van der Waals surface area contributed by atoms with E-state index < -0.39 is 11.9 Å². The standard InChI is InChI=1S/C22H26BrNO5/c1-5-9-29-22(26)19-12(2)24-15-7-6-8-16(25)21(15)20(19)13-10-17(27-3)18(28-4)11-14(13)23/h10-11,20,24H,5-9H2,1-4H3/t20-/m1/s1. The summed E-state index contributed by atoms with van der Waals surface area (Å²) in [6.45, 7) is 4.13. The summed E-state index contributed by atoms with van der Waals surface area (Å²) in [6, 6.07) is 3.62. The number of ether oxygens (including phenoxy) is 3. The van der Waals surface area contributed by atoms with Crippen LogP contribution in [0.4, 0.5) is 0 Å². The van der Waals surface area contributed by atoms with Crippen LogP contribution in [-0.2, 0) is 14.3 Å². The van der Waals surface area contributed by atoms with E-state index in [1.54, 1.807) is 20.3 Å². The minimum absolute atomic E-state index is 0.0544. The summed E-state index contributed by atoms with van der Waals surface area (Å²) in [4.78, 5) is 25.9. The Morgan fingerprint density at radius 1 is 1.21 bits per heavy atom. The van der Waals surface area contributed by atoms with Crippen LogP contribution in [0.5, 0.6) is 11.5 Å². The molecule has 3 rings (SSSR count). The largest absolute Gasteiger partial charge is 0.493 e. The van der Waals surface area contributed by atoms with Crippen molar-refractivity contribution in [3.63, 3.8) is 0 Å². The van der Waals surface area contributed by atoms with Gasteiger partial charge in [0.25, 0.3) is 0 Å². The number of Topliss-reactive ketones (excluding diaryl/α,β-unsaturated/α-hetero) is 1. The first-order chi connectivity index (χ1) is 13.9. The van der Waals surface area contributed by atoms with Crippen LogP contribution in [0.25, 0.3) is 0 Å². The number of rotatable bonds is 6. The van der Waals surface area contributed by atoms with Gasteiger partial charge in [-0.3, -0.25) is 4.79 Å². The van der Waals surface area contributed by atoms with Gasteiger partial charge in [-0.05, 0) is 43.9 Å². The number of halogens is 1. The monoisotopic (exact) mass is 463 g/mol. The first-order valence-electron chi connectivity index (χ1n) is 9.75. The van der Waals surface area contributed by atoms with E-state index >= 15 is 0 Å². The second-order valence-electron chi connectivity index (χ2n) is 7.13. The van der Waals surface area contributed by atoms with Gasteiger partial charge in [-0.15, -0.1) is 0 Å². The fourth-order valence-electron chi connectivity index (χ4n) is 3.93. The van der Waals surface area contributed by atoms with Crippen LogP contribution >= 0.6 is 15.9 Å². The van der Waals surface area contributed by atoms with Crippen molar-refractivity contribution in [1.82, 2.24) is 5.32 Å². The number of allylic oxidation sites excluding steroid dienone is 3. The van der Waals surface area contributed by atoms with Gasteiger partial charge < -0.3 is 19.5 Å². The zero-order valence-electron chi connectivity index (χ0n) is 17.2. The molecule has 0 amide bonds. The van der Waals surface area contributed by atoms with Gasteiger partial charge in [-0.2, -0.15) is 0 Å². The molecule has 1 heterocycles.